The predicted molar refractivity (Wildman–Crippen MR) is 69.4 cm³/mol. The molecule has 0 aromatic carbocycles. The van der Waals surface area contributed by atoms with Crippen LogP contribution in [0.15, 0.2) is 0 Å². The van der Waals surface area contributed by atoms with E-state index in [-0.39, 0.29) is 24.3 Å². The molecule has 1 aliphatic heterocycles. The zero-order valence-corrected chi connectivity index (χ0v) is 11.8. The van der Waals surface area contributed by atoms with E-state index in [1.807, 2.05) is 0 Å². The van der Waals surface area contributed by atoms with Crippen LogP contribution in [0.3, 0.4) is 0 Å². The lowest BCUT2D eigenvalue weighted by Crippen LogP contribution is -2.46. The fraction of sp³-hybridized carbons (Fsp3) is 0.769. The van der Waals surface area contributed by atoms with Crippen LogP contribution in [0.1, 0.15) is 26.7 Å². The van der Waals surface area contributed by atoms with Crippen LogP contribution in [-0.4, -0.2) is 59.4 Å². The van der Waals surface area contributed by atoms with E-state index in [9.17, 15) is 14.4 Å². The van der Waals surface area contributed by atoms with Gasteiger partial charge in [-0.3, -0.25) is 14.4 Å². The Bertz CT molecular complexity index is 370. The summed E-state index contributed by atoms with van der Waals surface area (Å²) in [7, 11) is 1.62. The highest BCUT2D eigenvalue weighted by Crippen LogP contribution is 2.19. The van der Waals surface area contributed by atoms with Crippen molar-refractivity contribution in [2.24, 2.45) is 11.8 Å². The van der Waals surface area contributed by atoms with Crippen molar-refractivity contribution in [3.05, 3.63) is 0 Å². The minimum atomic E-state index is -0.909. The van der Waals surface area contributed by atoms with Gasteiger partial charge >= 0.3 is 5.97 Å². The molecule has 1 N–H and O–H groups in total. The first-order valence-corrected chi connectivity index (χ1v) is 6.56. The quantitative estimate of drug-likeness (QED) is 0.803. The van der Waals surface area contributed by atoms with Gasteiger partial charge in [-0.15, -0.1) is 0 Å². The number of nitrogens with zero attached hydrogens (tertiary/aromatic N) is 2. The van der Waals surface area contributed by atoms with Gasteiger partial charge in [0.2, 0.25) is 11.8 Å². The van der Waals surface area contributed by atoms with E-state index in [1.54, 1.807) is 18.9 Å². The van der Waals surface area contributed by atoms with Gasteiger partial charge in [-0.2, -0.15) is 0 Å². The summed E-state index contributed by atoms with van der Waals surface area (Å²) in [6.45, 7) is 4.43. The van der Waals surface area contributed by atoms with E-state index in [0.29, 0.717) is 13.1 Å². The highest BCUT2D eigenvalue weighted by molar-refractivity contribution is 5.81. The summed E-state index contributed by atoms with van der Waals surface area (Å²) in [6.07, 6.45) is 1.58. The van der Waals surface area contributed by atoms with Crippen LogP contribution in [-0.2, 0) is 14.4 Å². The predicted octanol–water partition coefficient (Wildman–Crippen LogP) is 0.424. The van der Waals surface area contributed by atoms with Crippen molar-refractivity contribution in [3.63, 3.8) is 0 Å². The van der Waals surface area contributed by atoms with Gasteiger partial charge < -0.3 is 14.9 Å². The molecule has 0 spiro atoms. The van der Waals surface area contributed by atoms with Crippen molar-refractivity contribution in [2.45, 2.75) is 26.7 Å². The van der Waals surface area contributed by atoms with Crippen LogP contribution in [0, 0.1) is 11.8 Å². The second-order valence-corrected chi connectivity index (χ2v) is 5.26. The average Bonchev–Trinajstić information content (AvgIpc) is 2.37. The van der Waals surface area contributed by atoms with E-state index >= 15 is 0 Å². The Labute approximate surface area is 113 Å². The largest absolute Gasteiger partial charge is 0.481 e. The van der Waals surface area contributed by atoms with Gasteiger partial charge in [0.15, 0.2) is 0 Å². The summed E-state index contributed by atoms with van der Waals surface area (Å²) in [5.41, 5.74) is 0. The van der Waals surface area contributed by atoms with Crippen molar-refractivity contribution in [1.29, 1.82) is 0 Å². The van der Waals surface area contributed by atoms with Gasteiger partial charge in [-0.1, -0.05) is 6.92 Å². The van der Waals surface area contributed by atoms with Gasteiger partial charge in [0.1, 0.15) is 0 Å². The van der Waals surface area contributed by atoms with E-state index in [0.717, 1.165) is 12.8 Å². The number of carboxylic acid groups (broad SMARTS) is 1. The highest BCUT2D eigenvalue weighted by Gasteiger charge is 2.29. The van der Waals surface area contributed by atoms with Crippen molar-refractivity contribution in [1.82, 2.24) is 9.80 Å². The van der Waals surface area contributed by atoms with Crippen LogP contribution in [0.2, 0.25) is 0 Å². The molecular formula is C13H22N2O4. The highest BCUT2D eigenvalue weighted by atomic mass is 16.4. The van der Waals surface area contributed by atoms with Gasteiger partial charge in [0, 0.05) is 33.6 Å². The summed E-state index contributed by atoms with van der Waals surface area (Å²) in [5, 5.41) is 8.85. The third-order valence-corrected chi connectivity index (χ3v) is 3.56. The van der Waals surface area contributed by atoms with Crippen LogP contribution in [0.4, 0.5) is 0 Å². The lowest BCUT2D eigenvalue weighted by Gasteiger charge is -2.33. The molecule has 6 heteroatoms. The first-order valence-electron chi connectivity index (χ1n) is 6.56. The van der Waals surface area contributed by atoms with Crippen molar-refractivity contribution < 1.29 is 19.5 Å². The standard InChI is InChI=1S/C13H22N2O4/c1-9(13(18)19)7-14(3)12(17)11-5-4-6-15(8-11)10(2)16/h9,11H,4-8H2,1-3H3,(H,18,19). The van der Waals surface area contributed by atoms with Gasteiger partial charge in [-0.05, 0) is 12.8 Å². The normalized spacial score (nSPS) is 20.8. The summed E-state index contributed by atoms with van der Waals surface area (Å²) in [6, 6.07) is 0. The fourth-order valence-electron chi connectivity index (χ4n) is 2.36. The number of rotatable bonds is 4. The third kappa shape index (κ3) is 4.22. The first-order chi connectivity index (χ1) is 8.82. The second kappa shape index (κ2) is 6.54. The summed E-state index contributed by atoms with van der Waals surface area (Å²) < 4.78 is 0. The second-order valence-electron chi connectivity index (χ2n) is 5.26. The molecule has 0 saturated carbocycles. The van der Waals surface area contributed by atoms with E-state index < -0.39 is 11.9 Å². The molecule has 19 heavy (non-hydrogen) atoms. The topological polar surface area (TPSA) is 77.9 Å². The molecule has 1 saturated heterocycles. The average molecular weight is 270 g/mol. The van der Waals surface area contributed by atoms with Crippen LogP contribution in [0.5, 0.6) is 0 Å². The Kier molecular flexibility index (Phi) is 5.32. The first kappa shape index (κ1) is 15.5. The zero-order valence-electron chi connectivity index (χ0n) is 11.8. The smallest absolute Gasteiger partial charge is 0.308 e. The molecule has 1 heterocycles. The minimum Gasteiger partial charge on any atom is -0.481 e. The molecule has 0 aromatic rings. The van der Waals surface area contributed by atoms with Crippen molar-refractivity contribution in [2.75, 3.05) is 26.7 Å². The van der Waals surface area contributed by atoms with Crippen LogP contribution >= 0.6 is 0 Å². The van der Waals surface area contributed by atoms with Crippen LogP contribution in [0.25, 0.3) is 0 Å². The molecule has 0 aromatic heterocycles. The molecule has 2 atom stereocenters. The molecule has 2 unspecified atom stereocenters. The summed E-state index contributed by atoms with van der Waals surface area (Å²) >= 11 is 0. The monoisotopic (exact) mass is 270 g/mol. The Morgan fingerprint density at radius 3 is 2.58 bits per heavy atom. The maximum Gasteiger partial charge on any atom is 0.308 e. The number of likely N-dealkylation sites (tertiary alicyclic amines) is 1. The molecule has 2 amide bonds. The van der Waals surface area contributed by atoms with Gasteiger partial charge in [-0.25, -0.2) is 0 Å². The maximum atomic E-state index is 12.2. The third-order valence-electron chi connectivity index (χ3n) is 3.56. The van der Waals surface area contributed by atoms with Gasteiger partial charge in [0.25, 0.3) is 0 Å². The number of aliphatic carboxylic acids is 1. The number of hydrogen-bond donors (Lipinski definition) is 1. The molecule has 0 radical (unpaired) electrons. The molecule has 1 aliphatic rings. The Balaban J connectivity index is 2.56. The molecule has 1 fully saturated rings. The minimum absolute atomic E-state index is 0.0148. The molecule has 6 nitrogen and oxygen atoms in total. The molecule has 108 valence electrons. The Hall–Kier alpha value is -1.59. The fourth-order valence-corrected chi connectivity index (χ4v) is 2.36. The number of carbonyl (C=O) groups excluding carboxylic acids is 2. The lowest BCUT2D eigenvalue weighted by atomic mass is 9.96. The van der Waals surface area contributed by atoms with Crippen LogP contribution < -0.4 is 0 Å². The molecular weight excluding hydrogens is 248 g/mol. The van der Waals surface area contributed by atoms with E-state index in [4.69, 9.17) is 5.11 Å². The summed E-state index contributed by atoms with van der Waals surface area (Å²) in [5.74, 6) is -1.78. The van der Waals surface area contributed by atoms with E-state index in [1.165, 1.54) is 11.8 Å². The number of carboxylic acids is 1. The number of piperidine rings is 1. The van der Waals surface area contributed by atoms with E-state index in [2.05, 4.69) is 0 Å². The van der Waals surface area contributed by atoms with Crippen molar-refractivity contribution >= 4 is 17.8 Å². The SMILES string of the molecule is CC(=O)N1CCCC(C(=O)N(C)CC(C)C(=O)O)C1. The summed E-state index contributed by atoms with van der Waals surface area (Å²) in [4.78, 5) is 37.5. The maximum absolute atomic E-state index is 12.2. The molecule has 0 bridgehead atoms. The Morgan fingerprint density at radius 1 is 1.42 bits per heavy atom. The number of amides is 2. The van der Waals surface area contributed by atoms with Gasteiger partial charge in [0.05, 0.1) is 11.8 Å². The molecule has 0 aliphatic carbocycles. The number of carbonyl (C=O) groups is 3. The lowest BCUT2D eigenvalue weighted by molar-refractivity contribution is -0.144. The molecule has 1 rings (SSSR count). The van der Waals surface area contributed by atoms with Crippen molar-refractivity contribution in [3.8, 4) is 0 Å². The Morgan fingerprint density at radius 2 is 2.05 bits per heavy atom. The zero-order chi connectivity index (χ0) is 14.6. The number of hydrogen-bond acceptors (Lipinski definition) is 3.